The fourth-order valence-electron chi connectivity index (χ4n) is 5.29. The Bertz CT molecular complexity index is 571. The van der Waals surface area contributed by atoms with E-state index in [1.54, 1.807) is 0 Å². The number of para-hydroxylation sites is 1. The Labute approximate surface area is 126 Å². The van der Waals surface area contributed by atoms with Gasteiger partial charge in [-0.1, -0.05) is 32.0 Å². The highest BCUT2D eigenvalue weighted by atomic mass is 16.5. The predicted molar refractivity (Wildman–Crippen MR) is 80.1 cm³/mol. The lowest BCUT2D eigenvalue weighted by molar-refractivity contribution is -0.260. The summed E-state index contributed by atoms with van der Waals surface area (Å²) in [6, 6.07) is 8.26. The summed E-state index contributed by atoms with van der Waals surface area (Å²) in [4.78, 5) is 0. The van der Waals surface area contributed by atoms with Gasteiger partial charge < -0.3 is 14.6 Å². The molecular weight excluding hydrogens is 264 g/mol. The van der Waals surface area contributed by atoms with Gasteiger partial charge in [0.05, 0.1) is 19.3 Å². The second-order valence-corrected chi connectivity index (χ2v) is 7.50. The molecule has 1 aliphatic carbocycles. The summed E-state index contributed by atoms with van der Waals surface area (Å²) in [6.07, 6.45) is 1.08. The molecule has 0 spiro atoms. The lowest BCUT2D eigenvalue weighted by atomic mass is 9.50. The highest BCUT2D eigenvalue weighted by Crippen LogP contribution is 2.63. The van der Waals surface area contributed by atoms with Crippen LogP contribution in [0.5, 0.6) is 5.75 Å². The highest BCUT2D eigenvalue weighted by molar-refractivity contribution is 5.40. The molecule has 114 valence electrons. The Morgan fingerprint density at radius 2 is 2.05 bits per heavy atom. The maximum Gasteiger partial charge on any atom is 0.125 e. The molecule has 0 amide bonds. The minimum absolute atomic E-state index is 0.0992. The lowest BCUT2D eigenvalue weighted by Gasteiger charge is -2.63. The summed E-state index contributed by atoms with van der Waals surface area (Å²) >= 11 is 0. The van der Waals surface area contributed by atoms with Gasteiger partial charge in [0.1, 0.15) is 11.4 Å². The summed E-state index contributed by atoms with van der Waals surface area (Å²) in [7, 11) is 0. The van der Waals surface area contributed by atoms with Gasteiger partial charge in [0.15, 0.2) is 0 Å². The van der Waals surface area contributed by atoms with E-state index in [1.165, 1.54) is 5.56 Å². The number of benzene rings is 1. The molecule has 2 heterocycles. The Morgan fingerprint density at radius 1 is 1.29 bits per heavy atom. The van der Waals surface area contributed by atoms with Crippen molar-refractivity contribution in [1.29, 1.82) is 0 Å². The van der Waals surface area contributed by atoms with Gasteiger partial charge in [0.2, 0.25) is 0 Å². The monoisotopic (exact) mass is 288 g/mol. The van der Waals surface area contributed by atoms with Crippen LogP contribution in [0.4, 0.5) is 0 Å². The van der Waals surface area contributed by atoms with Gasteiger partial charge in [-0.05, 0) is 31.2 Å². The van der Waals surface area contributed by atoms with Crippen molar-refractivity contribution in [3.05, 3.63) is 29.8 Å². The topological polar surface area (TPSA) is 38.7 Å². The van der Waals surface area contributed by atoms with Crippen LogP contribution in [0.1, 0.15) is 38.9 Å². The van der Waals surface area contributed by atoms with Crippen LogP contribution in [0.2, 0.25) is 0 Å². The van der Waals surface area contributed by atoms with Gasteiger partial charge >= 0.3 is 0 Å². The molecule has 0 radical (unpaired) electrons. The first kappa shape index (κ1) is 13.6. The zero-order valence-corrected chi connectivity index (χ0v) is 13.0. The van der Waals surface area contributed by atoms with Crippen LogP contribution >= 0.6 is 0 Å². The lowest BCUT2D eigenvalue weighted by Crippen LogP contribution is -2.65. The standard InChI is InChI=1S/C18H24O3/c1-11-8-17(3)15-12(2)18(11,9-19)10-20-16(15)13-6-4-5-7-14(13)21-17/h4-7,11-12,15-16,19H,8-10H2,1-3H3/t11-,12-,15-,16+,17+,18-/m0/s1. The Hall–Kier alpha value is -1.06. The third-order valence-electron chi connectivity index (χ3n) is 6.56. The van der Waals surface area contributed by atoms with E-state index in [0.717, 1.165) is 12.2 Å². The average Bonchev–Trinajstić information content (AvgIpc) is 2.46. The van der Waals surface area contributed by atoms with E-state index >= 15 is 0 Å². The van der Waals surface area contributed by atoms with Gasteiger partial charge in [0, 0.05) is 16.9 Å². The summed E-state index contributed by atoms with van der Waals surface area (Å²) in [5.41, 5.74) is 0.862. The van der Waals surface area contributed by atoms with Crippen molar-refractivity contribution >= 4 is 0 Å². The second-order valence-electron chi connectivity index (χ2n) is 7.50. The van der Waals surface area contributed by atoms with Gasteiger partial charge in [-0.2, -0.15) is 0 Å². The van der Waals surface area contributed by atoms with E-state index in [2.05, 4.69) is 39.0 Å². The van der Waals surface area contributed by atoms with E-state index in [4.69, 9.17) is 9.47 Å². The molecule has 1 N–H and O–H groups in total. The molecule has 1 aromatic rings. The molecule has 2 aliphatic heterocycles. The van der Waals surface area contributed by atoms with Crippen LogP contribution in [0.25, 0.3) is 0 Å². The van der Waals surface area contributed by atoms with Crippen molar-refractivity contribution in [2.24, 2.45) is 23.2 Å². The largest absolute Gasteiger partial charge is 0.487 e. The normalized spacial score (nSPS) is 47.4. The van der Waals surface area contributed by atoms with Crippen LogP contribution < -0.4 is 4.74 Å². The molecule has 21 heavy (non-hydrogen) atoms. The predicted octanol–water partition coefficient (Wildman–Crippen LogP) is 3.18. The van der Waals surface area contributed by atoms with Gasteiger partial charge in [-0.15, -0.1) is 0 Å². The summed E-state index contributed by atoms with van der Waals surface area (Å²) in [5.74, 6) is 2.07. The first-order valence-corrected chi connectivity index (χ1v) is 8.02. The average molecular weight is 288 g/mol. The highest BCUT2D eigenvalue weighted by Gasteiger charge is 2.64. The summed E-state index contributed by atoms with van der Waals surface area (Å²) in [5, 5.41) is 10.1. The first-order valence-electron chi connectivity index (χ1n) is 8.02. The molecule has 2 bridgehead atoms. The van der Waals surface area contributed by atoms with Crippen LogP contribution in [0.15, 0.2) is 24.3 Å². The van der Waals surface area contributed by atoms with Crippen LogP contribution in [0.3, 0.4) is 0 Å². The van der Waals surface area contributed by atoms with E-state index in [1.807, 2.05) is 6.07 Å². The van der Waals surface area contributed by atoms with E-state index in [-0.39, 0.29) is 23.7 Å². The number of aliphatic hydroxyl groups is 1. The number of fused-ring (bicyclic) bond motifs is 3. The summed E-state index contributed by atoms with van der Waals surface area (Å²) < 4.78 is 12.7. The van der Waals surface area contributed by atoms with Crippen LogP contribution in [-0.4, -0.2) is 23.9 Å². The third kappa shape index (κ3) is 1.56. The van der Waals surface area contributed by atoms with Crippen molar-refractivity contribution < 1.29 is 14.6 Å². The van der Waals surface area contributed by atoms with Gasteiger partial charge in [-0.3, -0.25) is 0 Å². The van der Waals surface area contributed by atoms with Crippen LogP contribution in [-0.2, 0) is 4.74 Å². The molecule has 3 nitrogen and oxygen atoms in total. The number of hydrogen-bond donors (Lipinski definition) is 1. The van der Waals surface area contributed by atoms with Crippen LogP contribution in [0, 0.1) is 23.2 Å². The van der Waals surface area contributed by atoms with E-state index < -0.39 is 0 Å². The fourth-order valence-corrected chi connectivity index (χ4v) is 5.29. The van der Waals surface area contributed by atoms with Crippen molar-refractivity contribution in [2.45, 2.75) is 38.9 Å². The Kier molecular flexibility index (Phi) is 2.74. The molecule has 1 saturated carbocycles. The number of hydrogen-bond acceptors (Lipinski definition) is 3. The van der Waals surface area contributed by atoms with Gasteiger partial charge in [0.25, 0.3) is 0 Å². The Morgan fingerprint density at radius 3 is 2.81 bits per heavy atom. The summed E-state index contributed by atoms with van der Waals surface area (Å²) in [6.45, 7) is 7.60. The number of ether oxygens (including phenoxy) is 2. The maximum absolute atomic E-state index is 10.1. The molecular formula is C18H24O3. The molecule has 2 fully saturated rings. The SMILES string of the molecule is C[C@H]1C[C@@]2(C)Oc3ccccc3[C@H]3OC[C@]1(CO)[C@@H](C)[C@@H]32. The third-order valence-corrected chi connectivity index (χ3v) is 6.56. The first-order chi connectivity index (χ1) is 10.0. The van der Waals surface area contributed by atoms with Crippen molar-refractivity contribution in [3.63, 3.8) is 0 Å². The molecule has 0 aromatic heterocycles. The Balaban J connectivity index is 1.87. The molecule has 1 aromatic carbocycles. The molecule has 0 unspecified atom stereocenters. The maximum atomic E-state index is 10.1. The fraction of sp³-hybridized carbons (Fsp3) is 0.667. The molecule has 6 atom stereocenters. The number of aliphatic hydroxyl groups excluding tert-OH is 1. The molecule has 4 rings (SSSR count). The van der Waals surface area contributed by atoms with Crippen molar-refractivity contribution in [3.8, 4) is 5.75 Å². The smallest absolute Gasteiger partial charge is 0.125 e. The quantitative estimate of drug-likeness (QED) is 0.862. The van der Waals surface area contributed by atoms with Crippen molar-refractivity contribution in [1.82, 2.24) is 0 Å². The van der Waals surface area contributed by atoms with E-state index in [9.17, 15) is 5.11 Å². The molecule has 3 aliphatic rings. The van der Waals surface area contributed by atoms with Crippen molar-refractivity contribution in [2.75, 3.05) is 13.2 Å². The molecule has 3 heteroatoms. The zero-order valence-electron chi connectivity index (χ0n) is 13.0. The zero-order chi connectivity index (χ0) is 14.8. The molecule has 1 saturated heterocycles. The van der Waals surface area contributed by atoms with Gasteiger partial charge in [-0.25, -0.2) is 0 Å². The minimum atomic E-state index is -0.197. The minimum Gasteiger partial charge on any atom is -0.487 e. The number of rotatable bonds is 1. The second kappa shape index (κ2) is 4.23. The van der Waals surface area contributed by atoms with E-state index in [0.29, 0.717) is 24.4 Å².